The number of rotatable bonds is 5. The molecule has 6 heteroatoms. The van der Waals surface area contributed by atoms with Crippen molar-refractivity contribution < 1.29 is 24.5 Å². The molecular formula is C12H17NO5. The van der Waals surface area contributed by atoms with Crippen molar-refractivity contribution in [3.8, 4) is 5.75 Å². The summed E-state index contributed by atoms with van der Waals surface area (Å²) in [6.07, 6.45) is -3.07. The maximum Gasteiger partial charge on any atom is 0.338 e. The highest BCUT2D eigenvalue weighted by Crippen LogP contribution is 2.25. The number of ether oxygens (including phenoxy) is 2. The smallest absolute Gasteiger partial charge is 0.338 e. The summed E-state index contributed by atoms with van der Waals surface area (Å²) in [6, 6.07) is 4.51. The molecule has 1 aromatic rings. The second-order valence-corrected chi connectivity index (χ2v) is 3.68. The number of nitrogen functional groups attached to an aromatic ring is 1. The Balaban J connectivity index is 2.92. The van der Waals surface area contributed by atoms with E-state index in [0.717, 1.165) is 0 Å². The van der Waals surface area contributed by atoms with E-state index in [2.05, 4.69) is 4.74 Å². The molecule has 0 aliphatic heterocycles. The van der Waals surface area contributed by atoms with Gasteiger partial charge in [-0.05, 0) is 24.6 Å². The molecule has 0 aliphatic rings. The van der Waals surface area contributed by atoms with Gasteiger partial charge in [0.05, 0.1) is 13.7 Å². The number of benzene rings is 1. The minimum atomic E-state index is -1.66. The molecule has 18 heavy (non-hydrogen) atoms. The first kappa shape index (κ1) is 14.3. The third-order valence-corrected chi connectivity index (χ3v) is 2.36. The van der Waals surface area contributed by atoms with Gasteiger partial charge in [0.25, 0.3) is 0 Å². The summed E-state index contributed by atoms with van der Waals surface area (Å²) in [6.45, 7) is 1.74. The SMILES string of the molecule is CCOC(=O)C(O)C(O)c1cc(N)cc(OC)c1. The van der Waals surface area contributed by atoms with Crippen molar-refractivity contribution in [3.63, 3.8) is 0 Å². The first-order chi connectivity index (χ1) is 8.49. The third-order valence-electron chi connectivity index (χ3n) is 2.36. The molecule has 0 spiro atoms. The average Bonchev–Trinajstić information content (AvgIpc) is 2.36. The van der Waals surface area contributed by atoms with E-state index in [1.807, 2.05) is 0 Å². The summed E-state index contributed by atoms with van der Waals surface area (Å²) in [5.41, 5.74) is 6.26. The van der Waals surface area contributed by atoms with E-state index in [4.69, 9.17) is 10.5 Å². The number of aliphatic hydroxyl groups is 2. The predicted molar refractivity (Wildman–Crippen MR) is 65.0 cm³/mol. The summed E-state index contributed by atoms with van der Waals surface area (Å²) >= 11 is 0. The molecule has 0 bridgehead atoms. The Hall–Kier alpha value is -1.79. The first-order valence-corrected chi connectivity index (χ1v) is 5.46. The van der Waals surface area contributed by atoms with Crippen LogP contribution >= 0.6 is 0 Å². The van der Waals surface area contributed by atoms with Crippen molar-refractivity contribution in [2.24, 2.45) is 0 Å². The molecule has 100 valence electrons. The maximum absolute atomic E-state index is 11.3. The first-order valence-electron chi connectivity index (χ1n) is 5.46. The normalized spacial score (nSPS) is 13.8. The van der Waals surface area contributed by atoms with Crippen LogP contribution in [-0.4, -0.2) is 36.0 Å². The summed E-state index contributed by atoms with van der Waals surface area (Å²) in [4.78, 5) is 11.3. The van der Waals surface area contributed by atoms with Crippen molar-refractivity contribution in [2.45, 2.75) is 19.1 Å². The van der Waals surface area contributed by atoms with Crippen molar-refractivity contribution in [1.82, 2.24) is 0 Å². The monoisotopic (exact) mass is 255 g/mol. The van der Waals surface area contributed by atoms with E-state index in [9.17, 15) is 15.0 Å². The van der Waals surface area contributed by atoms with E-state index >= 15 is 0 Å². The summed E-state index contributed by atoms with van der Waals surface area (Å²) in [5, 5.41) is 19.5. The van der Waals surface area contributed by atoms with E-state index in [0.29, 0.717) is 11.4 Å². The fraction of sp³-hybridized carbons (Fsp3) is 0.417. The molecule has 0 saturated carbocycles. The minimum absolute atomic E-state index is 0.128. The molecule has 0 heterocycles. The Morgan fingerprint density at radius 1 is 1.39 bits per heavy atom. The summed E-state index contributed by atoms with van der Waals surface area (Å²) in [7, 11) is 1.45. The van der Waals surface area contributed by atoms with Crippen molar-refractivity contribution in [2.75, 3.05) is 19.5 Å². The highest BCUT2D eigenvalue weighted by molar-refractivity contribution is 5.75. The van der Waals surface area contributed by atoms with Crippen LogP contribution in [0.5, 0.6) is 5.75 Å². The molecule has 0 fully saturated rings. The van der Waals surface area contributed by atoms with Crippen molar-refractivity contribution in [3.05, 3.63) is 23.8 Å². The van der Waals surface area contributed by atoms with Gasteiger partial charge in [0.15, 0.2) is 6.10 Å². The van der Waals surface area contributed by atoms with Crippen LogP contribution in [0.2, 0.25) is 0 Å². The van der Waals surface area contributed by atoms with E-state index in [1.165, 1.54) is 19.2 Å². The lowest BCUT2D eigenvalue weighted by Crippen LogP contribution is -2.29. The fourth-order valence-corrected chi connectivity index (χ4v) is 1.47. The van der Waals surface area contributed by atoms with E-state index in [-0.39, 0.29) is 12.2 Å². The molecule has 1 rings (SSSR count). The van der Waals surface area contributed by atoms with Gasteiger partial charge in [-0.3, -0.25) is 0 Å². The average molecular weight is 255 g/mol. The van der Waals surface area contributed by atoms with Crippen LogP contribution in [0.4, 0.5) is 5.69 Å². The molecule has 0 aromatic heterocycles. The van der Waals surface area contributed by atoms with Gasteiger partial charge in [-0.15, -0.1) is 0 Å². The highest BCUT2D eigenvalue weighted by Gasteiger charge is 2.27. The maximum atomic E-state index is 11.3. The number of hydrogen-bond acceptors (Lipinski definition) is 6. The molecule has 0 aliphatic carbocycles. The molecule has 6 nitrogen and oxygen atoms in total. The number of carbonyl (C=O) groups is 1. The lowest BCUT2D eigenvalue weighted by Gasteiger charge is -2.17. The van der Waals surface area contributed by atoms with Crippen LogP contribution in [0.1, 0.15) is 18.6 Å². The number of esters is 1. The van der Waals surface area contributed by atoms with Gasteiger partial charge in [-0.2, -0.15) is 0 Å². The Morgan fingerprint density at radius 2 is 2.06 bits per heavy atom. The van der Waals surface area contributed by atoms with Crippen molar-refractivity contribution in [1.29, 1.82) is 0 Å². The Bertz CT molecular complexity index is 421. The number of carbonyl (C=O) groups excluding carboxylic acids is 1. The predicted octanol–water partition coefficient (Wildman–Crippen LogP) is 0.235. The molecule has 1 aromatic carbocycles. The standard InChI is InChI=1S/C12H17NO5/c1-3-18-12(16)11(15)10(14)7-4-8(13)6-9(5-7)17-2/h4-6,10-11,14-15H,3,13H2,1-2H3. The fourth-order valence-electron chi connectivity index (χ4n) is 1.47. The molecule has 2 unspecified atom stereocenters. The van der Waals surface area contributed by atoms with Gasteiger partial charge in [-0.1, -0.05) is 0 Å². The Kier molecular flexibility index (Phi) is 4.94. The van der Waals surface area contributed by atoms with E-state index < -0.39 is 18.2 Å². The largest absolute Gasteiger partial charge is 0.497 e. The molecule has 0 amide bonds. The zero-order valence-electron chi connectivity index (χ0n) is 10.3. The van der Waals surface area contributed by atoms with Crippen molar-refractivity contribution >= 4 is 11.7 Å². The molecule has 0 saturated heterocycles. The van der Waals surface area contributed by atoms with Crippen LogP contribution < -0.4 is 10.5 Å². The van der Waals surface area contributed by atoms with E-state index in [1.54, 1.807) is 13.0 Å². The van der Waals surface area contributed by atoms with Crippen LogP contribution in [0, 0.1) is 0 Å². The van der Waals surface area contributed by atoms with Crippen LogP contribution in [0.3, 0.4) is 0 Å². The number of hydrogen-bond donors (Lipinski definition) is 3. The number of aliphatic hydroxyl groups excluding tert-OH is 2. The van der Waals surface area contributed by atoms with Crippen LogP contribution in [0.15, 0.2) is 18.2 Å². The zero-order chi connectivity index (χ0) is 13.7. The number of nitrogens with two attached hydrogens (primary N) is 1. The Morgan fingerprint density at radius 3 is 2.61 bits per heavy atom. The third kappa shape index (κ3) is 3.35. The van der Waals surface area contributed by atoms with Gasteiger partial charge in [-0.25, -0.2) is 4.79 Å². The summed E-state index contributed by atoms with van der Waals surface area (Å²) in [5.74, 6) is -0.452. The number of anilines is 1. The highest BCUT2D eigenvalue weighted by atomic mass is 16.5. The quantitative estimate of drug-likeness (QED) is 0.514. The summed E-state index contributed by atoms with van der Waals surface area (Å²) < 4.78 is 9.61. The van der Waals surface area contributed by atoms with Gasteiger partial charge < -0.3 is 25.4 Å². The van der Waals surface area contributed by atoms with Gasteiger partial charge in [0, 0.05) is 11.8 Å². The lowest BCUT2D eigenvalue weighted by atomic mass is 10.0. The molecule has 2 atom stereocenters. The van der Waals surface area contributed by atoms with Crippen LogP contribution in [-0.2, 0) is 9.53 Å². The molecule has 4 N–H and O–H groups in total. The van der Waals surface area contributed by atoms with Gasteiger partial charge in [0.1, 0.15) is 11.9 Å². The number of methoxy groups -OCH3 is 1. The van der Waals surface area contributed by atoms with Crippen LogP contribution in [0.25, 0.3) is 0 Å². The minimum Gasteiger partial charge on any atom is -0.497 e. The van der Waals surface area contributed by atoms with Gasteiger partial charge in [0.2, 0.25) is 0 Å². The molecular weight excluding hydrogens is 238 g/mol. The topological polar surface area (TPSA) is 102 Å². The van der Waals surface area contributed by atoms with Gasteiger partial charge >= 0.3 is 5.97 Å². The second-order valence-electron chi connectivity index (χ2n) is 3.68. The second kappa shape index (κ2) is 6.23. The Labute approximate surface area is 105 Å². The zero-order valence-corrected chi connectivity index (χ0v) is 10.3. The lowest BCUT2D eigenvalue weighted by molar-refractivity contribution is -0.159. The molecule has 0 radical (unpaired) electrons.